The topological polar surface area (TPSA) is 0 Å². The van der Waals surface area contributed by atoms with Gasteiger partial charge in [-0.15, -0.1) is 0 Å². The molecule has 0 fully saturated rings. The molecule has 0 nitrogen and oxygen atoms in total. The monoisotopic (exact) mass is 162 g/mol. The Hall–Kier alpha value is 0.700. The Balaban J connectivity index is 2.60. The van der Waals surface area contributed by atoms with E-state index in [1.54, 1.807) is 11.8 Å². The minimum absolute atomic E-state index is 1.06. The van der Waals surface area contributed by atoms with Gasteiger partial charge < -0.3 is 0 Å². The highest BCUT2D eigenvalue weighted by Gasteiger charge is 1.86. The maximum absolute atomic E-state index is 3.77. The predicted octanol–water partition coefficient (Wildman–Crippen LogP) is 2.86. The van der Waals surface area contributed by atoms with Crippen molar-refractivity contribution in [1.82, 2.24) is 0 Å². The van der Waals surface area contributed by atoms with Gasteiger partial charge in [-0.2, -0.15) is 23.5 Å². The van der Waals surface area contributed by atoms with E-state index < -0.39 is 0 Å². The van der Waals surface area contributed by atoms with Gasteiger partial charge in [0.15, 0.2) is 0 Å². The lowest BCUT2D eigenvalue weighted by Crippen LogP contribution is -1.83. The summed E-state index contributed by atoms with van der Waals surface area (Å²) in [4.78, 5) is 0. The first kappa shape index (κ1) is 9.70. The van der Waals surface area contributed by atoms with E-state index in [9.17, 15) is 0 Å². The molecule has 0 aromatic carbocycles. The Labute approximate surface area is 67.2 Å². The molecule has 0 heterocycles. The Kier molecular flexibility index (Phi) is 9.38. The lowest BCUT2D eigenvalue weighted by Gasteiger charge is -1.96. The molecule has 9 heavy (non-hydrogen) atoms. The molecule has 54 valence electrons. The van der Waals surface area contributed by atoms with Crippen molar-refractivity contribution >= 4 is 23.5 Å². The molecule has 0 saturated heterocycles. The van der Waals surface area contributed by atoms with E-state index in [4.69, 9.17) is 0 Å². The average molecular weight is 162 g/mol. The fourth-order valence-corrected chi connectivity index (χ4v) is 1.76. The molecule has 0 aliphatic carbocycles. The van der Waals surface area contributed by atoms with Crippen molar-refractivity contribution in [2.45, 2.75) is 12.8 Å². The molecule has 0 spiro atoms. The summed E-state index contributed by atoms with van der Waals surface area (Å²) in [6, 6.07) is 0. The van der Waals surface area contributed by atoms with Gasteiger partial charge in [-0.25, -0.2) is 0 Å². The second kappa shape index (κ2) is 8.70. The number of thioether (sulfide) groups is 2. The molecule has 0 amide bonds. The van der Waals surface area contributed by atoms with Crippen LogP contribution in [0.2, 0.25) is 0 Å². The summed E-state index contributed by atoms with van der Waals surface area (Å²) in [5, 5.41) is 0. The molecule has 0 aromatic heterocycles. The third-order valence-corrected chi connectivity index (χ3v) is 2.60. The smallest absolute Gasteiger partial charge is 0.00235 e. The van der Waals surface area contributed by atoms with Gasteiger partial charge in [0.25, 0.3) is 0 Å². The lowest BCUT2D eigenvalue weighted by atomic mass is 10.6. The minimum atomic E-state index is 1.06. The van der Waals surface area contributed by atoms with E-state index in [0.717, 1.165) is 6.42 Å². The van der Waals surface area contributed by atoms with Gasteiger partial charge in [0.1, 0.15) is 0 Å². The van der Waals surface area contributed by atoms with Crippen molar-refractivity contribution in [3.63, 3.8) is 0 Å². The van der Waals surface area contributed by atoms with E-state index in [1.807, 2.05) is 11.8 Å². The number of rotatable bonds is 6. The van der Waals surface area contributed by atoms with Crippen LogP contribution in [-0.4, -0.2) is 17.3 Å². The first-order valence-corrected chi connectivity index (χ1v) is 5.46. The van der Waals surface area contributed by atoms with E-state index in [2.05, 4.69) is 13.2 Å². The van der Waals surface area contributed by atoms with Crippen LogP contribution in [-0.2, 0) is 0 Å². The second-order valence-electron chi connectivity index (χ2n) is 1.73. The van der Waals surface area contributed by atoms with Crippen LogP contribution >= 0.6 is 23.5 Å². The van der Waals surface area contributed by atoms with Crippen LogP contribution in [0, 0.1) is 13.2 Å². The van der Waals surface area contributed by atoms with Gasteiger partial charge >= 0.3 is 0 Å². The van der Waals surface area contributed by atoms with Gasteiger partial charge in [-0.1, -0.05) is 6.92 Å². The van der Waals surface area contributed by atoms with Crippen molar-refractivity contribution in [3.05, 3.63) is 13.2 Å². The SMILES string of the molecule is [CH2]CCSCCCS[CH2]. The maximum atomic E-state index is 3.77. The fraction of sp³-hybridized carbons (Fsp3) is 0.714. The maximum Gasteiger partial charge on any atom is 0.00235 e. The Morgan fingerprint density at radius 3 is 2.44 bits per heavy atom. The van der Waals surface area contributed by atoms with Gasteiger partial charge in [-0.05, 0) is 30.1 Å². The zero-order valence-electron chi connectivity index (χ0n) is 5.77. The van der Waals surface area contributed by atoms with Crippen molar-refractivity contribution in [2.24, 2.45) is 0 Å². The van der Waals surface area contributed by atoms with E-state index >= 15 is 0 Å². The zero-order valence-corrected chi connectivity index (χ0v) is 7.40. The highest BCUT2D eigenvalue weighted by Crippen LogP contribution is 2.06. The molecule has 0 aliphatic rings. The van der Waals surface area contributed by atoms with Gasteiger partial charge in [-0.3, -0.25) is 0 Å². The van der Waals surface area contributed by atoms with Crippen molar-refractivity contribution < 1.29 is 0 Å². The summed E-state index contributed by atoms with van der Waals surface area (Å²) < 4.78 is 0. The van der Waals surface area contributed by atoms with E-state index in [1.165, 1.54) is 23.7 Å². The summed E-state index contributed by atoms with van der Waals surface area (Å²) in [5.41, 5.74) is 0. The normalized spacial score (nSPS) is 10.0. The highest BCUT2D eigenvalue weighted by atomic mass is 32.2. The van der Waals surface area contributed by atoms with Gasteiger partial charge in [0, 0.05) is 6.26 Å². The van der Waals surface area contributed by atoms with Crippen LogP contribution in [0.15, 0.2) is 0 Å². The van der Waals surface area contributed by atoms with E-state index in [0.29, 0.717) is 0 Å². The highest BCUT2D eigenvalue weighted by molar-refractivity contribution is 8.00. The standard InChI is InChI=1S/C7H14S2/c1-3-5-9-7-4-6-8-2/h1-7H2. The molecule has 0 aliphatic heterocycles. The zero-order chi connectivity index (χ0) is 6.95. The third kappa shape index (κ3) is 8.70. The molecule has 2 radical (unpaired) electrons. The summed E-state index contributed by atoms with van der Waals surface area (Å²) in [7, 11) is 0. The van der Waals surface area contributed by atoms with Crippen LogP contribution in [0.3, 0.4) is 0 Å². The first-order chi connectivity index (χ1) is 4.41. The Bertz CT molecular complexity index is 40.2. The summed E-state index contributed by atoms with van der Waals surface area (Å²) in [5.74, 6) is 3.68. The van der Waals surface area contributed by atoms with Crippen LogP contribution in [0.1, 0.15) is 12.8 Å². The molecule has 0 rings (SSSR count). The van der Waals surface area contributed by atoms with Crippen molar-refractivity contribution in [1.29, 1.82) is 0 Å². The molecule has 0 N–H and O–H groups in total. The van der Waals surface area contributed by atoms with Crippen LogP contribution in [0.5, 0.6) is 0 Å². The fourth-order valence-electron chi connectivity index (χ4n) is 0.467. The minimum Gasteiger partial charge on any atom is -0.162 e. The molecule has 0 atom stereocenters. The largest absolute Gasteiger partial charge is 0.162 e. The molecular weight excluding hydrogens is 148 g/mol. The average Bonchev–Trinajstić information content (AvgIpc) is 1.89. The van der Waals surface area contributed by atoms with Crippen LogP contribution < -0.4 is 0 Å². The number of hydrogen-bond donors (Lipinski definition) is 0. The molecule has 2 heteroatoms. The molecular formula is C7H14S2. The number of hydrogen-bond acceptors (Lipinski definition) is 2. The van der Waals surface area contributed by atoms with E-state index in [-0.39, 0.29) is 0 Å². The van der Waals surface area contributed by atoms with Gasteiger partial charge in [0.05, 0.1) is 0 Å². The Morgan fingerprint density at radius 1 is 1.11 bits per heavy atom. The summed E-state index contributed by atoms with van der Waals surface area (Å²) >= 11 is 3.67. The molecule has 0 bridgehead atoms. The predicted molar refractivity (Wildman–Crippen MR) is 49.7 cm³/mol. The second-order valence-corrected chi connectivity index (χ2v) is 3.77. The summed E-state index contributed by atoms with van der Waals surface area (Å²) in [6.45, 7) is 3.77. The molecule has 0 aromatic rings. The van der Waals surface area contributed by atoms with Crippen LogP contribution in [0.25, 0.3) is 0 Å². The van der Waals surface area contributed by atoms with Crippen molar-refractivity contribution in [2.75, 3.05) is 17.3 Å². The quantitative estimate of drug-likeness (QED) is 0.551. The Morgan fingerprint density at radius 2 is 1.89 bits per heavy atom. The molecule has 0 saturated carbocycles. The summed E-state index contributed by atoms with van der Waals surface area (Å²) in [6.07, 6.45) is 6.05. The lowest BCUT2D eigenvalue weighted by molar-refractivity contribution is 1.12. The van der Waals surface area contributed by atoms with Crippen molar-refractivity contribution in [3.8, 4) is 0 Å². The third-order valence-electron chi connectivity index (χ3n) is 0.866. The van der Waals surface area contributed by atoms with Gasteiger partial charge in [0.2, 0.25) is 0 Å². The first-order valence-electron chi connectivity index (χ1n) is 3.15. The molecule has 0 unspecified atom stereocenters. The van der Waals surface area contributed by atoms with Crippen LogP contribution in [0.4, 0.5) is 0 Å².